The molecule has 0 amide bonds. The van der Waals surface area contributed by atoms with Gasteiger partial charge < -0.3 is 5.32 Å². The Bertz CT molecular complexity index is 496. The highest BCUT2D eigenvalue weighted by atomic mass is 35.5. The van der Waals surface area contributed by atoms with Crippen molar-refractivity contribution in [3.05, 3.63) is 50.9 Å². The first-order valence-corrected chi connectivity index (χ1v) is 6.75. The highest BCUT2D eigenvalue weighted by Gasteiger charge is 2.06. The average molecular weight is 267 g/mol. The van der Waals surface area contributed by atoms with E-state index in [9.17, 15) is 0 Å². The summed E-state index contributed by atoms with van der Waals surface area (Å²) in [7, 11) is 0. The Morgan fingerprint density at radius 1 is 1.47 bits per heavy atom. The summed E-state index contributed by atoms with van der Waals surface area (Å²) in [6, 6.07) is 8.24. The number of benzene rings is 1. The Labute approximate surface area is 111 Å². The summed E-state index contributed by atoms with van der Waals surface area (Å²) in [5, 5.41) is 5.36. The van der Waals surface area contributed by atoms with Crippen LogP contribution < -0.4 is 5.32 Å². The zero-order chi connectivity index (χ0) is 12.3. The van der Waals surface area contributed by atoms with E-state index in [1.807, 2.05) is 31.3 Å². The lowest BCUT2D eigenvalue weighted by Gasteiger charge is -2.13. The van der Waals surface area contributed by atoms with Gasteiger partial charge in [-0.05, 0) is 31.5 Å². The summed E-state index contributed by atoms with van der Waals surface area (Å²) in [5.74, 6) is 0. The highest BCUT2D eigenvalue weighted by molar-refractivity contribution is 7.11. The van der Waals surface area contributed by atoms with Crippen LogP contribution in [0.2, 0.25) is 5.02 Å². The number of aryl methyl sites for hydroxylation is 1. The van der Waals surface area contributed by atoms with Gasteiger partial charge in [-0.25, -0.2) is 4.98 Å². The summed E-state index contributed by atoms with van der Waals surface area (Å²) in [5.41, 5.74) is 1.21. The lowest BCUT2D eigenvalue weighted by atomic mass is 10.1. The van der Waals surface area contributed by atoms with E-state index in [-0.39, 0.29) is 6.04 Å². The van der Waals surface area contributed by atoms with Gasteiger partial charge in [0, 0.05) is 28.7 Å². The molecule has 0 aliphatic carbocycles. The fourth-order valence-corrected chi connectivity index (χ4v) is 2.58. The molecule has 1 aromatic heterocycles. The molecule has 90 valence electrons. The van der Waals surface area contributed by atoms with Crippen molar-refractivity contribution in [2.45, 2.75) is 26.4 Å². The van der Waals surface area contributed by atoms with Crippen molar-refractivity contribution < 1.29 is 0 Å². The second-order valence-electron chi connectivity index (χ2n) is 4.00. The molecule has 0 saturated carbocycles. The van der Waals surface area contributed by atoms with Crippen LogP contribution in [-0.4, -0.2) is 4.98 Å². The van der Waals surface area contributed by atoms with Crippen molar-refractivity contribution in [2.75, 3.05) is 0 Å². The van der Waals surface area contributed by atoms with Crippen molar-refractivity contribution in [1.82, 2.24) is 10.3 Å². The maximum absolute atomic E-state index is 5.97. The van der Waals surface area contributed by atoms with Crippen LogP contribution in [0.25, 0.3) is 0 Å². The first kappa shape index (κ1) is 12.6. The number of nitrogens with one attached hydrogen (secondary N) is 1. The molecule has 2 nitrogen and oxygen atoms in total. The van der Waals surface area contributed by atoms with Crippen LogP contribution in [0.15, 0.2) is 30.5 Å². The first-order chi connectivity index (χ1) is 8.15. The molecule has 0 aliphatic rings. The lowest BCUT2D eigenvalue weighted by molar-refractivity contribution is 0.578. The Balaban J connectivity index is 1.95. The van der Waals surface area contributed by atoms with Gasteiger partial charge in [0.25, 0.3) is 0 Å². The van der Waals surface area contributed by atoms with Gasteiger partial charge in [0.05, 0.1) is 5.01 Å². The summed E-state index contributed by atoms with van der Waals surface area (Å²) >= 11 is 7.70. The minimum atomic E-state index is 0.288. The van der Waals surface area contributed by atoms with Crippen molar-refractivity contribution in [3.8, 4) is 0 Å². The molecule has 1 atom stereocenters. The van der Waals surface area contributed by atoms with E-state index in [2.05, 4.69) is 23.3 Å². The van der Waals surface area contributed by atoms with E-state index >= 15 is 0 Å². The third kappa shape index (κ3) is 3.53. The van der Waals surface area contributed by atoms with E-state index in [0.717, 1.165) is 16.6 Å². The Morgan fingerprint density at radius 3 is 2.94 bits per heavy atom. The molecule has 0 fully saturated rings. The maximum atomic E-state index is 5.97. The number of thiazole rings is 1. The van der Waals surface area contributed by atoms with Gasteiger partial charge in [-0.3, -0.25) is 0 Å². The van der Waals surface area contributed by atoms with Gasteiger partial charge in [-0.1, -0.05) is 23.7 Å². The summed E-state index contributed by atoms with van der Waals surface area (Å²) in [6.45, 7) is 5.01. The number of nitrogens with zero attached hydrogens (tertiary/aromatic N) is 1. The van der Waals surface area contributed by atoms with Gasteiger partial charge >= 0.3 is 0 Å². The molecule has 1 N–H and O–H groups in total. The number of halogens is 1. The van der Waals surface area contributed by atoms with Crippen LogP contribution in [-0.2, 0) is 6.54 Å². The molecular formula is C13H15ClN2S. The number of rotatable bonds is 4. The summed E-state index contributed by atoms with van der Waals surface area (Å²) < 4.78 is 0. The number of hydrogen-bond donors (Lipinski definition) is 1. The van der Waals surface area contributed by atoms with Crippen LogP contribution in [0.5, 0.6) is 0 Å². The lowest BCUT2D eigenvalue weighted by Crippen LogP contribution is -2.17. The predicted octanol–water partition coefficient (Wildman–Crippen LogP) is 3.96. The van der Waals surface area contributed by atoms with Gasteiger partial charge in [0.1, 0.15) is 0 Å². The third-order valence-electron chi connectivity index (χ3n) is 2.60. The molecule has 1 heterocycles. The van der Waals surface area contributed by atoms with Crippen molar-refractivity contribution in [3.63, 3.8) is 0 Å². The highest BCUT2D eigenvalue weighted by Crippen LogP contribution is 2.18. The SMILES string of the molecule is Cc1ncc(CNC(C)c2cccc(Cl)c2)s1. The number of aromatic nitrogens is 1. The van der Waals surface area contributed by atoms with E-state index in [0.29, 0.717) is 0 Å². The van der Waals surface area contributed by atoms with Crippen molar-refractivity contribution in [1.29, 1.82) is 0 Å². The van der Waals surface area contributed by atoms with Crippen LogP contribution in [0.4, 0.5) is 0 Å². The Morgan fingerprint density at radius 2 is 2.29 bits per heavy atom. The molecule has 2 aromatic rings. The quantitative estimate of drug-likeness (QED) is 0.906. The second kappa shape index (κ2) is 5.63. The zero-order valence-corrected chi connectivity index (χ0v) is 11.5. The fourth-order valence-electron chi connectivity index (χ4n) is 1.63. The van der Waals surface area contributed by atoms with Crippen LogP contribution in [0, 0.1) is 6.92 Å². The van der Waals surface area contributed by atoms with E-state index < -0.39 is 0 Å². The van der Waals surface area contributed by atoms with Crippen LogP contribution >= 0.6 is 22.9 Å². The molecule has 0 bridgehead atoms. The van der Waals surface area contributed by atoms with Crippen LogP contribution in [0.1, 0.15) is 28.4 Å². The smallest absolute Gasteiger partial charge is 0.0897 e. The summed E-state index contributed by atoms with van der Waals surface area (Å²) in [4.78, 5) is 5.50. The molecule has 0 radical (unpaired) electrons. The monoisotopic (exact) mass is 266 g/mol. The normalized spacial score (nSPS) is 12.6. The summed E-state index contributed by atoms with van der Waals surface area (Å²) in [6.07, 6.45) is 1.93. The first-order valence-electron chi connectivity index (χ1n) is 5.55. The van der Waals surface area contributed by atoms with Gasteiger partial charge in [-0.15, -0.1) is 11.3 Å². The second-order valence-corrected chi connectivity index (χ2v) is 5.76. The minimum absolute atomic E-state index is 0.288. The molecule has 0 spiro atoms. The predicted molar refractivity (Wildman–Crippen MR) is 73.6 cm³/mol. The number of hydrogen-bond acceptors (Lipinski definition) is 3. The standard InChI is InChI=1S/C13H15ClN2S/c1-9(11-4-3-5-12(14)6-11)15-7-13-8-16-10(2)17-13/h3-6,8-9,15H,7H2,1-2H3. The molecule has 17 heavy (non-hydrogen) atoms. The van der Waals surface area contributed by atoms with Gasteiger partial charge in [-0.2, -0.15) is 0 Å². The molecule has 1 aromatic carbocycles. The van der Waals surface area contributed by atoms with Gasteiger partial charge in [0.2, 0.25) is 0 Å². The molecule has 4 heteroatoms. The Kier molecular flexibility index (Phi) is 4.15. The fraction of sp³-hybridized carbons (Fsp3) is 0.308. The van der Waals surface area contributed by atoms with Crippen molar-refractivity contribution >= 4 is 22.9 Å². The third-order valence-corrected chi connectivity index (χ3v) is 3.75. The van der Waals surface area contributed by atoms with Crippen molar-refractivity contribution in [2.24, 2.45) is 0 Å². The average Bonchev–Trinajstić information content (AvgIpc) is 2.72. The Hall–Kier alpha value is -0.900. The van der Waals surface area contributed by atoms with E-state index in [1.165, 1.54) is 10.4 Å². The largest absolute Gasteiger partial charge is 0.305 e. The van der Waals surface area contributed by atoms with E-state index in [1.54, 1.807) is 11.3 Å². The minimum Gasteiger partial charge on any atom is -0.305 e. The molecule has 2 rings (SSSR count). The molecule has 0 saturated heterocycles. The topological polar surface area (TPSA) is 24.9 Å². The van der Waals surface area contributed by atoms with Crippen LogP contribution in [0.3, 0.4) is 0 Å². The van der Waals surface area contributed by atoms with Gasteiger partial charge in [0.15, 0.2) is 0 Å². The molecule has 0 aliphatic heterocycles. The molecular weight excluding hydrogens is 252 g/mol. The van der Waals surface area contributed by atoms with E-state index in [4.69, 9.17) is 11.6 Å². The maximum Gasteiger partial charge on any atom is 0.0897 e. The zero-order valence-electron chi connectivity index (χ0n) is 9.90. The molecule has 1 unspecified atom stereocenters.